The molecule has 0 bridgehead atoms. The standard InChI is InChI=1S/C13H21NO2S/c1-4-11(12-6-5-9-17-12)14(10(2)3)8-7-13(15)16/h5-6,9-11H,4,7-8H2,1-3H3,(H,15,16). The third kappa shape index (κ3) is 4.13. The van der Waals surface area contributed by atoms with E-state index in [0.29, 0.717) is 18.6 Å². The number of aliphatic carboxylic acids is 1. The summed E-state index contributed by atoms with van der Waals surface area (Å²) in [6.07, 6.45) is 1.22. The van der Waals surface area contributed by atoms with Crippen molar-refractivity contribution in [2.45, 2.75) is 45.7 Å². The van der Waals surface area contributed by atoms with E-state index in [9.17, 15) is 4.79 Å². The second-order valence-electron chi connectivity index (χ2n) is 4.41. The summed E-state index contributed by atoms with van der Waals surface area (Å²) in [6, 6.07) is 4.89. The molecule has 0 amide bonds. The molecule has 0 aliphatic heterocycles. The van der Waals surface area contributed by atoms with Crippen LogP contribution in [0.4, 0.5) is 0 Å². The van der Waals surface area contributed by atoms with Gasteiger partial charge in [-0.05, 0) is 31.7 Å². The summed E-state index contributed by atoms with van der Waals surface area (Å²) in [6.45, 7) is 7.01. The SMILES string of the molecule is CCC(c1cccs1)N(CCC(=O)O)C(C)C. The molecule has 0 fully saturated rings. The van der Waals surface area contributed by atoms with Crippen molar-refractivity contribution in [2.75, 3.05) is 6.54 Å². The molecule has 0 saturated carbocycles. The van der Waals surface area contributed by atoms with Gasteiger partial charge in [-0.3, -0.25) is 9.69 Å². The summed E-state index contributed by atoms with van der Waals surface area (Å²) in [7, 11) is 0. The molecule has 3 nitrogen and oxygen atoms in total. The fourth-order valence-electron chi connectivity index (χ4n) is 2.08. The van der Waals surface area contributed by atoms with Gasteiger partial charge in [-0.2, -0.15) is 0 Å². The Kier molecular flexibility index (Phi) is 5.65. The maximum absolute atomic E-state index is 10.7. The summed E-state index contributed by atoms with van der Waals surface area (Å²) in [5.74, 6) is -0.725. The van der Waals surface area contributed by atoms with Crippen LogP contribution in [0.15, 0.2) is 17.5 Å². The van der Waals surface area contributed by atoms with E-state index in [-0.39, 0.29) is 6.42 Å². The Morgan fingerprint density at radius 3 is 2.65 bits per heavy atom. The van der Waals surface area contributed by atoms with Gasteiger partial charge in [0.2, 0.25) is 0 Å². The number of hydrogen-bond acceptors (Lipinski definition) is 3. The smallest absolute Gasteiger partial charge is 0.304 e. The van der Waals surface area contributed by atoms with E-state index in [1.165, 1.54) is 4.88 Å². The summed E-state index contributed by atoms with van der Waals surface area (Å²) < 4.78 is 0. The minimum Gasteiger partial charge on any atom is -0.481 e. The third-order valence-corrected chi connectivity index (χ3v) is 3.88. The first kappa shape index (κ1) is 14.2. The lowest BCUT2D eigenvalue weighted by molar-refractivity contribution is -0.137. The molecule has 0 radical (unpaired) electrons. The zero-order valence-corrected chi connectivity index (χ0v) is 11.5. The molecule has 1 aromatic rings. The molecule has 1 atom stereocenters. The largest absolute Gasteiger partial charge is 0.481 e. The molecule has 1 heterocycles. The van der Waals surface area contributed by atoms with Gasteiger partial charge in [-0.1, -0.05) is 13.0 Å². The van der Waals surface area contributed by atoms with Crippen molar-refractivity contribution in [3.63, 3.8) is 0 Å². The van der Waals surface area contributed by atoms with Crippen LogP contribution in [0.2, 0.25) is 0 Å². The van der Waals surface area contributed by atoms with Crippen LogP contribution < -0.4 is 0 Å². The van der Waals surface area contributed by atoms with Crippen LogP contribution in [-0.2, 0) is 4.79 Å². The van der Waals surface area contributed by atoms with Crippen molar-refractivity contribution in [2.24, 2.45) is 0 Å². The zero-order valence-electron chi connectivity index (χ0n) is 10.7. The highest BCUT2D eigenvalue weighted by Crippen LogP contribution is 2.29. The van der Waals surface area contributed by atoms with Crippen molar-refractivity contribution in [1.29, 1.82) is 0 Å². The number of carboxylic acid groups (broad SMARTS) is 1. The molecule has 1 N–H and O–H groups in total. The van der Waals surface area contributed by atoms with Gasteiger partial charge in [-0.25, -0.2) is 0 Å². The Labute approximate surface area is 107 Å². The summed E-state index contributed by atoms with van der Waals surface area (Å²) in [5.41, 5.74) is 0. The Morgan fingerprint density at radius 1 is 1.53 bits per heavy atom. The fraction of sp³-hybridized carbons (Fsp3) is 0.615. The van der Waals surface area contributed by atoms with Crippen molar-refractivity contribution in [1.82, 2.24) is 4.90 Å². The average molecular weight is 255 g/mol. The molecule has 1 rings (SSSR count). The molecule has 1 unspecified atom stereocenters. The van der Waals surface area contributed by atoms with Crippen LogP contribution in [0.25, 0.3) is 0 Å². The number of carboxylic acids is 1. The molecule has 0 saturated heterocycles. The second kappa shape index (κ2) is 6.77. The zero-order chi connectivity index (χ0) is 12.8. The molecule has 0 aliphatic rings. The number of nitrogens with zero attached hydrogens (tertiary/aromatic N) is 1. The van der Waals surface area contributed by atoms with Gasteiger partial charge < -0.3 is 5.11 Å². The number of carbonyl (C=O) groups is 1. The van der Waals surface area contributed by atoms with E-state index in [2.05, 4.69) is 43.2 Å². The summed E-state index contributed by atoms with van der Waals surface area (Å²) in [4.78, 5) is 14.3. The molecule has 4 heteroatoms. The normalized spacial score (nSPS) is 13.2. The predicted molar refractivity (Wildman–Crippen MR) is 71.4 cm³/mol. The highest BCUT2D eigenvalue weighted by atomic mass is 32.1. The van der Waals surface area contributed by atoms with Gasteiger partial charge >= 0.3 is 5.97 Å². The van der Waals surface area contributed by atoms with Crippen LogP contribution in [0.1, 0.15) is 44.5 Å². The molecule has 1 aromatic heterocycles. The van der Waals surface area contributed by atoms with Crippen molar-refractivity contribution in [3.05, 3.63) is 22.4 Å². The first-order chi connectivity index (χ1) is 8.06. The van der Waals surface area contributed by atoms with Crippen molar-refractivity contribution >= 4 is 17.3 Å². The van der Waals surface area contributed by atoms with E-state index >= 15 is 0 Å². The lowest BCUT2D eigenvalue weighted by atomic mass is 10.1. The first-order valence-corrected chi connectivity index (χ1v) is 6.95. The molecule has 0 aromatic carbocycles. The minimum absolute atomic E-state index is 0.208. The van der Waals surface area contributed by atoms with Gasteiger partial charge in [0.1, 0.15) is 0 Å². The van der Waals surface area contributed by atoms with Crippen LogP contribution in [-0.4, -0.2) is 28.6 Å². The highest BCUT2D eigenvalue weighted by Gasteiger charge is 2.22. The van der Waals surface area contributed by atoms with Gasteiger partial charge in [-0.15, -0.1) is 11.3 Å². The second-order valence-corrected chi connectivity index (χ2v) is 5.39. The van der Waals surface area contributed by atoms with Gasteiger partial charge in [0.05, 0.1) is 6.42 Å². The molecule has 0 aliphatic carbocycles. The van der Waals surface area contributed by atoms with Gasteiger partial charge in [0.15, 0.2) is 0 Å². The maximum Gasteiger partial charge on any atom is 0.304 e. The summed E-state index contributed by atoms with van der Waals surface area (Å²) >= 11 is 1.75. The van der Waals surface area contributed by atoms with Crippen LogP contribution in [0, 0.1) is 0 Å². The van der Waals surface area contributed by atoms with Crippen LogP contribution in [0.3, 0.4) is 0 Å². The maximum atomic E-state index is 10.7. The lowest BCUT2D eigenvalue weighted by Crippen LogP contribution is -2.36. The number of thiophene rings is 1. The third-order valence-electron chi connectivity index (χ3n) is 2.91. The Balaban J connectivity index is 2.76. The van der Waals surface area contributed by atoms with E-state index in [0.717, 1.165) is 6.42 Å². The Hall–Kier alpha value is -0.870. The monoisotopic (exact) mass is 255 g/mol. The molecule has 96 valence electrons. The van der Waals surface area contributed by atoms with E-state index in [4.69, 9.17) is 5.11 Å². The van der Waals surface area contributed by atoms with Crippen molar-refractivity contribution < 1.29 is 9.90 Å². The van der Waals surface area contributed by atoms with Crippen molar-refractivity contribution in [3.8, 4) is 0 Å². The topological polar surface area (TPSA) is 40.5 Å². The van der Waals surface area contributed by atoms with Gasteiger partial charge in [0, 0.05) is 23.5 Å². The Bertz CT molecular complexity index is 335. The van der Waals surface area contributed by atoms with E-state index in [1.807, 2.05) is 0 Å². The van der Waals surface area contributed by atoms with E-state index in [1.54, 1.807) is 11.3 Å². The minimum atomic E-state index is -0.725. The fourth-order valence-corrected chi connectivity index (χ4v) is 3.01. The highest BCUT2D eigenvalue weighted by molar-refractivity contribution is 7.10. The molecular formula is C13H21NO2S. The number of hydrogen-bond donors (Lipinski definition) is 1. The molecular weight excluding hydrogens is 234 g/mol. The van der Waals surface area contributed by atoms with Gasteiger partial charge in [0.25, 0.3) is 0 Å². The molecule has 17 heavy (non-hydrogen) atoms. The number of rotatable bonds is 7. The summed E-state index contributed by atoms with van der Waals surface area (Å²) in [5, 5.41) is 10.9. The Morgan fingerprint density at radius 2 is 2.24 bits per heavy atom. The van der Waals surface area contributed by atoms with E-state index < -0.39 is 5.97 Å². The predicted octanol–water partition coefficient (Wildman–Crippen LogP) is 3.38. The molecule has 0 spiro atoms. The van der Waals surface area contributed by atoms with Crippen LogP contribution >= 0.6 is 11.3 Å². The van der Waals surface area contributed by atoms with Crippen LogP contribution in [0.5, 0.6) is 0 Å². The first-order valence-electron chi connectivity index (χ1n) is 6.07. The average Bonchev–Trinajstić information content (AvgIpc) is 2.76. The quantitative estimate of drug-likeness (QED) is 0.812. The lowest BCUT2D eigenvalue weighted by Gasteiger charge is -2.33.